The van der Waals surface area contributed by atoms with E-state index in [1.807, 2.05) is 6.07 Å². The number of carbonyl (C=O) groups excluding carboxylic acids is 1. The fourth-order valence-corrected chi connectivity index (χ4v) is 2.43. The zero-order valence-electron chi connectivity index (χ0n) is 11.3. The molecule has 0 fully saturated rings. The molecule has 20 heavy (non-hydrogen) atoms. The summed E-state index contributed by atoms with van der Waals surface area (Å²) in [6.45, 7) is 2.83. The lowest BCUT2D eigenvalue weighted by Gasteiger charge is -2.09. The van der Waals surface area contributed by atoms with Gasteiger partial charge in [-0.3, -0.25) is 0 Å². The van der Waals surface area contributed by atoms with Crippen molar-refractivity contribution in [3.05, 3.63) is 40.2 Å². The van der Waals surface area contributed by atoms with Crippen LogP contribution in [0.15, 0.2) is 29.8 Å². The number of rotatable bonds is 6. The molecule has 6 heteroatoms. The van der Waals surface area contributed by atoms with Gasteiger partial charge in [-0.1, -0.05) is 6.07 Å². The van der Waals surface area contributed by atoms with Crippen LogP contribution in [0, 0.1) is 0 Å². The summed E-state index contributed by atoms with van der Waals surface area (Å²) < 4.78 is 4.95. The van der Waals surface area contributed by atoms with Crippen LogP contribution >= 0.6 is 11.3 Å². The lowest BCUT2D eigenvalue weighted by molar-refractivity contribution is 0.0527. The van der Waals surface area contributed by atoms with Crippen molar-refractivity contribution >= 4 is 28.8 Å². The lowest BCUT2D eigenvalue weighted by atomic mass is 10.2. The van der Waals surface area contributed by atoms with Gasteiger partial charge in [0.25, 0.3) is 0 Å². The number of aromatic nitrogens is 1. The molecule has 0 amide bonds. The van der Waals surface area contributed by atoms with Crippen LogP contribution in [0.2, 0.25) is 0 Å². The second-order valence-corrected chi connectivity index (χ2v) is 5.17. The molecule has 2 rings (SSSR count). The Labute approximate surface area is 121 Å². The highest BCUT2D eigenvalue weighted by Crippen LogP contribution is 2.16. The van der Waals surface area contributed by atoms with Crippen molar-refractivity contribution in [3.63, 3.8) is 0 Å². The van der Waals surface area contributed by atoms with Crippen molar-refractivity contribution in [2.24, 2.45) is 0 Å². The number of hydrogen-bond donors (Lipinski definition) is 2. The molecular weight excluding hydrogens is 274 g/mol. The molecule has 0 unspecified atom stereocenters. The minimum absolute atomic E-state index is 0.321. The first-order valence-electron chi connectivity index (χ1n) is 6.39. The Hall–Kier alpha value is -2.08. The van der Waals surface area contributed by atoms with E-state index >= 15 is 0 Å². The standard InChI is InChI=1S/C14H17N3O2S/c1-2-19-14(18)11-8-13(17-9-12(11)15)16-6-5-10-4-3-7-20-10/h3-4,7-9H,2,5-6,15H2,1H3,(H,16,17). The predicted molar refractivity (Wildman–Crippen MR) is 81.1 cm³/mol. The van der Waals surface area contributed by atoms with E-state index in [4.69, 9.17) is 10.5 Å². The quantitative estimate of drug-likeness (QED) is 0.800. The van der Waals surface area contributed by atoms with E-state index in [2.05, 4.69) is 21.7 Å². The molecule has 0 radical (unpaired) electrons. The molecule has 106 valence electrons. The first-order valence-corrected chi connectivity index (χ1v) is 7.27. The zero-order chi connectivity index (χ0) is 14.4. The van der Waals surface area contributed by atoms with Gasteiger partial charge in [-0.05, 0) is 30.9 Å². The Morgan fingerprint density at radius 3 is 3.10 bits per heavy atom. The maximum Gasteiger partial charge on any atom is 0.340 e. The van der Waals surface area contributed by atoms with Crippen LogP contribution in [0.1, 0.15) is 22.2 Å². The summed E-state index contributed by atoms with van der Waals surface area (Å²) in [5.74, 6) is 0.201. The highest BCUT2D eigenvalue weighted by atomic mass is 32.1. The molecule has 5 nitrogen and oxygen atoms in total. The number of nitrogen functional groups attached to an aromatic ring is 1. The van der Waals surface area contributed by atoms with E-state index in [1.165, 1.54) is 11.1 Å². The van der Waals surface area contributed by atoms with Crippen molar-refractivity contribution in [1.29, 1.82) is 0 Å². The van der Waals surface area contributed by atoms with Crippen molar-refractivity contribution in [3.8, 4) is 0 Å². The molecule has 0 aliphatic carbocycles. The molecule has 3 N–H and O–H groups in total. The number of nitrogens with two attached hydrogens (primary N) is 1. The summed E-state index contributed by atoms with van der Waals surface area (Å²) in [6, 6.07) is 5.74. The summed E-state index contributed by atoms with van der Waals surface area (Å²) in [7, 11) is 0. The largest absolute Gasteiger partial charge is 0.462 e. The predicted octanol–water partition coefficient (Wildman–Crippen LogP) is 2.56. The molecule has 0 aromatic carbocycles. The zero-order valence-corrected chi connectivity index (χ0v) is 12.1. The molecule has 0 saturated heterocycles. The number of ether oxygens (including phenoxy) is 1. The van der Waals surface area contributed by atoms with Crippen LogP contribution in [0.25, 0.3) is 0 Å². The van der Waals surface area contributed by atoms with Crippen LogP contribution in [-0.4, -0.2) is 24.1 Å². The third kappa shape index (κ3) is 3.71. The number of esters is 1. The molecule has 0 saturated carbocycles. The number of nitrogens with zero attached hydrogens (tertiary/aromatic N) is 1. The van der Waals surface area contributed by atoms with Gasteiger partial charge >= 0.3 is 5.97 Å². The second-order valence-electron chi connectivity index (χ2n) is 4.13. The van der Waals surface area contributed by atoms with Gasteiger partial charge in [-0.25, -0.2) is 9.78 Å². The number of carbonyl (C=O) groups is 1. The van der Waals surface area contributed by atoms with E-state index in [0.717, 1.165) is 13.0 Å². The second kappa shape index (κ2) is 6.91. The van der Waals surface area contributed by atoms with Crippen LogP contribution < -0.4 is 11.1 Å². The lowest BCUT2D eigenvalue weighted by Crippen LogP contribution is -2.11. The topological polar surface area (TPSA) is 77.2 Å². The Morgan fingerprint density at radius 1 is 1.55 bits per heavy atom. The van der Waals surface area contributed by atoms with Crippen molar-refractivity contribution < 1.29 is 9.53 Å². The first-order chi connectivity index (χ1) is 9.70. The van der Waals surface area contributed by atoms with E-state index in [-0.39, 0.29) is 0 Å². The van der Waals surface area contributed by atoms with Crippen LogP contribution in [0.4, 0.5) is 11.5 Å². The minimum atomic E-state index is -0.422. The van der Waals surface area contributed by atoms with Crippen molar-refractivity contribution in [2.45, 2.75) is 13.3 Å². The maximum absolute atomic E-state index is 11.7. The van der Waals surface area contributed by atoms with Crippen LogP contribution in [0.3, 0.4) is 0 Å². The molecule has 0 spiro atoms. The van der Waals surface area contributed by atoms with E-state index in [0.29, 0.717) is 23.7 Å². The summed E-state index contributed by atoms with van der Waals surface area (Å²) in [6.07, 6.45) is 2.39. The Morgan fingerprint density at radius 2 is 2.40 bits per heavy atom. The molecule has 2 aromatic rings. The number of hydrogen-bond acceptors (Lipinski definition) is 6. The smallest absolute Gasteiger partial charge is 0.340 e. The van der Waals surface area contributed by atoms with Crippen LogP contribution in [0.5, 0.6) is 0 Å². The number of anilines is 2. The molecule has 0 aliphatic heterocycles. The van der Waals surface area contributed by atoms with E-state index < -0.39 is 5.97 Å². The van der Waals surface area contributed by atoms with E-state index in [9.17, 15) is 4.79 Å². The summed E-state index contributed by atoms with van der Waals surface area (Å²) >= 11 is 1.72. The van der Waals surface area contributed by atoms with Crippen LogP contribution in [-0.2, 0) is 11.2 Å². The van der Waals surface area contributed by atoms with Crippen molar-refractivity contribution in [2.75, 3.05) is 24.2 Å². The Balaban J connectivity index is 1.98. The normalized spacial score (nSPS) is 10.2. The monoisotopic (exact) mass is 291 g/mol. The Bertz CT molecular complexity index is 570. The van der Waals surface area contributed by atoms with Crippen molar-refractivity contribution in [1.82, 2.24) is 4.98 Å². The van der Waals surface area contributed by atoms with Gasteiger partial charge in [-0.2, -0.15) is 0 Å². The van der Waals surface area contributed by atoms with Gasteiger partial charge in [-0.15, -0.1) is 11.3 Å². The van der Waals surface area contributed by atoms with Gasteiger partial charge in [0.2, 0.25) is 0 Å². The summed E-state index contributed by atoms with van der Waals surface area (Å²) in [5, 5.41) is 5.23. The highest BCUT2D eigenvalue weighted by Gasteiger charge is 2.12. The fraction of sp³-hybridized carbons (Fsp3) is 0.286. The third-order valence-electron chi connectivity index (χ3n) is 2.69. The Kier molecular flexibility index (Phi) is 4.95. The molecule has 2 heterocycles. The average Bonchev–Trinajstić information content (AvgIpc) is 2.94. The number of thiophene rings is 1. The molecular formula is C14H17N3O2S. The SMILES string of the molecule is CCOC(=O)c1cc(NCCc2cccs2)ncc1N. The molecule has 0 atom stereocenters. The number of nitrogens with one attached hydrogen (secondary N) is 1. The highest BCUT2D eigenvalue weighted by molar-refractivity contribution is 7.09. The number of pyridine rings is 1. The summed E-state index contributed by atoms with van der Waals surface area (Å²) in [5.41, 5.74) is 6.41. The van der Waals surface area contributed by atoms with Gasteiger partial charge in [0, 0.05) is 11.4 Å². The average molecular weight is 291 g/mol. The van der Waals surface area contributed by atoms with Gasteiger partial charge < -0.3 is 15.8 Å². The minimum Gasteiger partial charge on any atom is -0.462 e. The summed E-state index contributed by atoms with van der Waals surface area (Å²) in [4.78, 5) is 17.2. The first kappa shape index (κ1) is 14.3. The molecule has 0 aliphatic rings. The maximum atomic E-state index is 11.7. The fourth-order valence-electron chi connectivity index (χ4n) is 1.72. The molecule has 0 bridgehead atoms. The van der Waals surface area contributed by atoms with E-state index in [1.54, 1.807) is 24.3 Å². The van der Waals surface area contributed by atoms with Gasteiger partial charge in [0.15, 0.2) is 0 Å². The van der Waals surface area contributed by atoms with Gasteiger partial charge in [0.1, 0.15) is 5.82 Å². The third-order valence-corrected chi connectivity index (χ3v) is 3.62. The van der Waals surface area contributed by atoms with Gasteiger partial charge in [0.05, 0.1) is 24.1 Å². The molecule has 2 aromatic heterocycles.